The molecule has 0 aliphatic rings. The third-order valence-corrected chi connectivity index (χ3v) is 0.759. The second-order valence-electron chi connectivity index (χ2n) is 1.65. The van der Waals surface area contributed by atoms with Gasteiger partial charge in [0.25, 0.3) is 0 Å². The molecule has 13 heavy (non-hydrogen) atoms. The van der Waals surface area contributed by atoms with Gasteiger partial charge >= 0.3 is 24.8 Å². The van der Waals surface area contributed by atoms with Gasteiger partial charge in [-0.25, -0.2) is 9.59 Å². The molecule has 76 valence electrons. The maximum absolute atomic E-state index is 11.3. The first-order valence-electron chi connectivity index (χ1n) is 2.84. The molecule has 0 aromatic carbocycles. The lowest BCUT2D eigenvalue weighted by atomic mass is 10.7. The van der Waals surface area contributed by atoms with E-state index in [1.54, 1.807) is 0 Å². The van der Waals surface area contributed by atoms with Gasteiger partial charge in [-0.2, -0.15) is 17.6 Å². The minimum Gasteiger partial charge on any atom is -0.424 e. The van der Waals surface area contributed by atoms with Gasteiger partial charge in [-0.15, -0.1) is 0 Å². The van der Waals surface area contributed by atoms with Crippen molar-refractivity contribution in [2.24, 2.45) is 0 Å². The van der Waals surface area contributed by atoms with Gasteiger partial charge in [-0.3, -0.25) is 0 Å². The van der Waals surface area contributed by atoms with Crippen LogP contribution in [0.25, 0.3) is 0 Å². The number of hydrogen-bond donors (Lipinski definition) is 0. The van der Waals surface area contributed by atoms with Gasteiger partial charge < -0.3 is 9.47 Å². The van der Waals surface area contributed by atoms with E-state index in [2.05, 4.69) is 9.47 Å². The van der Waals surface area contributed by atoms with E-state index in [0.29, 0.717) is 0 Å². The highest BCUT2D eigenvalue weighted by Crippen LogP contribution is 1.98. The Balaban J connectivity index is 3.57. The van der Waals surface area contributed by atoms with Crippen LogP contribution in [0.1, 0.15) is 0 Å². The zero-order valence-electron chi connectivity index (χ0n) is 6.01. The monoisotopic (exact) mass is 204 g/mol. The molecule has 0 heterocycles. The van der Waals surface area contributed by atoms with Crippen molar-refractivity contribution in [3.05, 3.63) is 0 Å². The summed E-state index contributed by atoms with van der Waals surface area (Å²) in [6, 6.07) is 0. The molecule has 0 saturated carbocycles. The summed E-state index contributed by atoms with van der Waals surface area (Å²) in [7, 11) is 0. The van der Waals surface area contributed by atoms with Gasteiger partial charge in [0.05, 0.1) is 0 Å². The van der Waals surface area contributed by atoms with Crippen LogP contribution in [0.3, 0.4) is 0 Å². The first-order valence-corrected chi connectivity index (χ1v) is 2.84. The average molecular weight is 204 g/mol. The van der Waals surface area contributed by atoms with Crippen LogP contribution >= 0.6 is 0 Å². The lowest BCUT2D eigenvalue weighted by Crippen LogP contribution is -2.21. The molecule has 0 aromatic rings. The Morgan fingerprint density at radius 1 is 0.923 bits per heavy atom. The molecule has 0 amide bonds. The van der Waals surface area contributed by atoms with Crippen LogP contribution in [0.5, 0.6) is 0 Å². The molecule has 0 N–H and O–H groups in total. The first kappa shape index (κ1) is 11.7. The Hall–Kier alpha value is -1.34. The molecule has 0 spiro atoms. The molecule has 0 atom stereocenters. The first-order chi connectivity index (χ1) is 5.95. The summed E-state index contributed by atoms with van der Waals surface area (Å²) in [4.78, 5) is 19.9. The van der Waals surface area contributed by atoms with Gasteiger partial charge in [0.1, 0.15) is 0 Å². The molecule has 0 aromatic heterocycles. The molecule has 0 bridgehead atoms. The standard InChI is InChI=1S/C5H4F4O4/c6-2(7)4(10)12-1-13-5(11)3(8)9/h2-3H,1H2. The van der Waals surface area contributed by atoms with Crippen molar-refractivity contribution in [1.82, 2.24) is 0 Å². The van der Waals surface area contributed by atoms with Crippen molar-refractivity contribution >= 4 is 11.9 Å². The second kappa shape index (κ2) is 5.33. The summed E-state index contributed by atoms with van der Waals surface area (Å²) in [5.41, 5.74) is 0. The molecule has 0 saturated heterocycles. The number of halogens is 4. The molecule has 0 rings (SSSR count). The molecule has 0 aliphatic carbocycles. The minimum atomic E-state index is -3.38. The summed E-state index contributed by atoms with van der Waals surface area (Å²) >= 11 is 0. The van der Waals surface area contributed by atoms with Crippen LogP contribution in [-0.2, 0) is 19.1 Å². The SMILES string of the molecule is O=C(OCOC(=O)C(F)F)C(F)F. The van der Waals surface area contributed by atoms with Crippen molar-refractivity contribution < 1.29 is 36.6 Å². The summed E-state index contributed by atoms with van der Waals surface area (Å²) in [6.45, 7) is -1.24. The number of rotatable bonds is 4. The number of ether oxygens (including phenoxy) is 2. The van der Waals surface area contributed by atoms with E-state index in [9.17, 15) is 27.2 Å². The van der Waals surface area contributed by atoms with Crippen LogP contribution in [0, 0.1) is 0 Å². The van der Waals surface area contributed by atoms with Gasteiger partial charge in [0.15, 0.2) is 0 Å². The van der Waals surface area contributed by atoms with Crippen LogP contribution in [0.4, 0.5) is 17.6 Å². The Morgan fingerprint density at radius 3 is 1.46 bits per heavy atom. The van der Waals surface area contributed by atoms with Crippen molar-refractivity contribution in [3.8, 4) is 0 Å². The normalized spacial score (nSPS) is 10.3. The van der Waals surface area contributed by atoms with Crippen LogP contribution in [0.15, 0.2) is 0 Å². The average Bonchev–Trinajstić information content (AvgIpc) is 2.03. The fourth-order valence-electron chi connectivity index (χ4n) is 0.272. The predicted molar refractivity (Wildman–Crippen MR) is 29.1 cm³/mol. The Labute approximate surface area is 69.4 Å². The number of hydrogen-bond acceptors (Lipinski definition) is 4. The zero-order valence-corrected chi connectivity index (χ0v) is 6.01. The van der Waals surface area contributed by atoms with E-state index >= 15 is 0 Å². The van der Waals surface area contributed by atoms with E-state index in [4.69, 9.17) is 0 Å². The Kier molecular flexibility index (Phi) is 4.78. The molecule has 0 fully saturated rings. The van der Waals surface area contributed by atoms with E-state index in [-0.39, 0.29) is 0 Å². The predicted octanol–water partition coefficient (Wildman–Crippen LogP) is 0.560. The minimum absolute atomic E-state index is 1.24. The third-order valence-electron chi connectivity index (χ3n) is 0.759. The van der Waals surface area contributed by atoms with Crippen molar-refractivity contribution in [1.29, 1.82) is 0 Å². The topological polar surface area (TPSA) is 52.6 Å². The summed E-state index contributed by atoms with van der Waals surface area (Å²) in [5, 5.41) is 0. The van der Waals surface area contributed by atoms with Crippen LogP contribution in [-0.4, -0.2) is 31.6 Å². The fraction of sp³-hybridized carbons (Fsp3) is 0.600. The quantitative estimate of drug-likeness (QED) is 0.381. The number of carbonyl (C=O) groups excluding carboxylic acids is 2. The number of esters is 2. The summed E-state index contributed by atoms with van der Waals surface area (Å²) in [5.74, 6) is -3.89. The lowest BCUT2D eigenvalue weighted by molar-refractivity contribution is -0.181. The molecular weight excluding hydrogens is 200 g/mol. The number of carbonyl (C=O) groups is 2. The highest BCUT2D eigenvalue weighted by Gasteiger charge is 2.20. The molecule has 0 radical (unpaired) electrons. The van der Waals surface area contributed by atoms with Crippen molar-refractivity contribution in [2.75, 3.05) is 6.79 Å². The van der Waals surface area contributed by atoms with E-state index < -0.39 is 31.6 Å². The highest BCUT2D eigenvalue weighted by atomic mass is 19.3. The molecular formula is C5H4F4O4. The molecule has 0 unspecified atom stereocenters. The van der Waals surface area contributed by atoms with E-state index in [0.717, 1.165) is 0 Å². The fourth-order valence-corrected chi connectivity index (χ4v) is 0.272. The van der Waals surface area contributed by atoms with Crippen molar-refractivity contribution in [3.63, 3.8) is 0 Å². The van der Waals surface area contributed by atoms with Gasteiger partial charge in [-0.1, -0.05) is 0 Å². The van der Waals surface area contributed by atoms with Crippen LogP contribution in [0.2, 0.25) is 0 Å². The zero-order chi connectivity index (χ0) is 10.4. The van der Waals surface area contributed by atoms with Gasteiger partial charge in [-0.05, 0) is 0 Å². The lowest BCUT2D eigenvalue weighted by Gasteiger charge is -2.04. The van der Waals surface area contributed by atoms with Crippen LogP contribution < -0.4 is 0 Å². The highest BCUT2D eigenvalue weighted by molar-refractivity contribution is 5.74. The number of alkyl halides is 4. The molecule has 8 heteroatoms. The summed E-state index contributed by atoms with van der Waals surface area (Å²) < 4.78 is 52.5. The van der Waals surface area contributed by atoms with E-state index in [1.165, 1.54) is 0 Å². The third kappa shape index (κ3) is 4.99. The van der Waals surface area contributed by atoms with Gasteiger partial charge in [0, 0.05) is 0 Å². The largest absolute Gasteiger partial charge is 0.424 e. The maximum atomic E-state index is 11.3. The molecule has 4 nitrogen and oxygen atoms in total. The smallest absolute Gasteiger partial charge is 0.376 e. The van der Waals surface area contributed by atoms with Gasteiger partial charge in [0.2, 0.25) is 6.79 Å². The Morgan fingerprint density at radius 2 is 1.23 bits per heavy atom. The van der Waals surface area contributed by atoms with E-state index in [1.807, 2.05) is 0 Å². The van der Waals surface area contributed by atoms with Crippen molar-refractivity contribution in [2.45, 2.75) is 12.9 Å². The Bertz CT molecular complexity index is 173. The maximum Gasteiger partial charge on any atom is 0.376 e. The molecule has 0 aliphatic heterocycles. The second-order valence-corrected chi connectivity index (χ2v) is 1.65. The summed E-state index contributed by atoms with van der Waals surface area (Å²) in [6.07, 6.45) is -6.77.